The Morgan fingerprint density at radius 1 is 1.10 bits per heavy atom. The highest BCUT2D eigenvalue weighted by molar-refractivity contribution is 6.01. The van der Waals surface area contributed by atoms with E-state index in [2.05, 4.69) is 30.5 Å². The number of aromatic nitrogens is 5. The fourth-order valence-electron chi connectivity index (χ4n) is 1.62. The Balaban J connectivity index is 1.77. The zero-order valence-electron chi connectivity index (χ0n) is 10.3. The minimum atomic E-state index is -0.356. The molecule has 0 aromatic carbocycles. The van der Waals surface area contributed by atoms with Gasteiger partial charge in [0.15, 0.2) is 5.82 Å². The van der Waals surface area contributed by atoms with Gasteiger partial charge in [0.1, 0.15) is 5.69 Å². The second-order valence-corrected chi connectivity index (χ2v) is 3.91. The summed E-state index contributed by atoms with van der Waals surface area (Å²) in [7, 11) is 0. The molecular weight excluding hydrogens is 256 g/mol. The van der Waals surface area contributed by atoms with E-state index in [1.54, 1.807) is 48.9 Å². The number of carbonyl (C=O) groups excluding carboxylic acids is 1. The molecule has 0 bridgehead atoms. The van der Waals surface area contributed by atoms with Crippen LogP contribution in [0.15, 0.2) is 48.9 Å². The van der Waals surface area contributed by atoms with Gasteiger partial charge in [0.25, 0.3) is 5.91 Å². The minimum Gasteiger partial charge on any atom is -0.288 e. The molecule has 98 valence electrons. The van der Waals surface area contributed by atoms with Crippen molar-refractivity contribution >= 4 is 11.9 Å². The molecule has 3 aromatic heterocycles. The van der Waals surface area contributed by atoms with E-state index in [1.807, 2.05) is 0 Å². The van der Waals surface area contributed by atoms with Crippen LogP contribution in [0.25, 0.3) is 11.4 Å². The zero-order valence-corrected chi connectivity index (χ0v) is 10.3. The van der Waals surface area contributed by atoms with Gasteiger partial charge in [-0.15, -0.1) is 5.10 Å². The van der Waals surface area contributed by atoms with E-state index in [9.17, 15) is 4.79 Å². The predicted molar refractivity (Wildman–Crippen MR) is 71.8 cm³/mol. The second-order valence-electron chi connectivity index (χ2n) is 3.91. The van der Waals surface area contributed by atoms with Crippen LogP contribution in [0.5, 0.6) is 0 Å². The summed E-state index contributed by atoms with van der Waals surface area (Å²) in [5.41, 5.74) is 1.15. The molecule has 7 nitrogen and oxygen atoms in total. The molecule has 0 aliphatic rings. The first-order valence-electron chi connectivity index (χ1n) is 5.88. The molecule has 0 aliphatic carbocycles. The first kappa shape index (κ1) is 12.0. The molecule has 0 unspecified atom stereocenters. The van der Waals surface area contributed by atoms with Crippen LogP contribution < -0.4 is 5.32 Å². The van der Waals surface area contributed by atoms with Gasteiger partial charge >= 0.3 is 0 Å². The molecule has 3 aromatic rings. The molecule has 0 saturated carbocycles. The average molecular weight is 266 g/mol. The lowest BCUT2D eigenvalue weighted by atomic mass is 10.3. The predicted octanol–water partition coefficient (Wildman–Crippen LogP) is 1.51. The Kier molecular flexibility index (Phi) is 3.15. The van der Waals surface area contributed by atoms with E-state index < -0.39 is 0 Å². The Hall–Kier alpha value is -3.09. The maximum atomic E-state index is 11.9. The van der Waals surface area contributed by atoms with Gasteiger partial charge in [-0.3, -0.25) is 25.2 Å². The number of H-pyrrole nitrogens is 1. The summed E-state index contributed by atoms with van der Waals surface area (Å²) in [4.78, 5) is 24.0. The lowest BCUT2D eigenvalue weighted by molar-refractivity contribution is 0.102. The van der Waals surface area contributed by atoms with E-state index in [0.29, 0.717) is 11.5 Å². The smallest absolute Gasteiger partial charge is 0.276 e. The number of nitrogens with zero attached hydrogens (tertiary/aromatic N) is 4. The number of hydrogen-bond acceptors (Lipinski definition) is 5. The summed E-state index contributed by atoms with van der Waals surface area (Å²) in [5, 5.41) is 9.27. The van der Waals surface area contributed by atoms with Crippen molar-refractivity contribution in [1.82, 2.24) is 25.1 Å². The van der Waals surface area contributed by atoms with Crippen molar-refractivity contribution in [2.75, 3.05) is 5.32 Å². The topological polar surface area (TPSA) is 96.5 Å². The largest absolute Gasteiger partial charge is 0.288 e. The highest BCUT2D eigenvalue weighted by Crippen LogP contribution is 2.14. The molecule has 0 saturated heterocycles. The SMILES string of the molecule is O=C(Nc1n[nH]c(-c2ccncc2)n1)c1ccccn1. The van der Waals surface area contributed by atoms with Gasteiger partial charge in [0.2, 0.25) is 5.95 Å². The normalized spacial score (nSPS) is 10.2. The van der Waals surface area contributed by atoms with Gasteiger partial charge in [-0.05, 0) is 24.3 Å². The van der Waals surface area contributed by atoms with Crippen LogP contribution in [0.2, 0.25) is 0 Å². The van der Waals surface area contributed by atoms with Crippen molar-refractivity contribution in [2.45, 2.75) is 0 Å². The number of pyridine rings is 2. The number of rotatable bonds is 3. The Labute approximate surface area is 114 Å². The van der Waals surface area contributed by atoms with Gasteiger partial charge in [-0.25, -0.2) is 0 Å². The summed E-state index contributed by atoms with van der Waals surface area (Å²) in [6, 6.07) is 8.69. The summed E-state index contributed by atoms with van der Waals surface area (Å²) in [6.07, 6.45) is 4.86. The third-order valence-electron chi connectivity index (χ3n) is 2.56. The van der Waals surface area contributed by atoms with Crippen LogP contribution in [0.4, 0.5) is 5.95 Å². The second kappa shape index (κ2) is 5.27. The van der Waals surface area contributed by atoms with Crippen LogP contribution in [0, 0.1) is 0 Å². The van der Waals surface area contributed by atoms with E-state index in [0.717, 1.165) is 5.56 Å². The van der Waals surface area contributed by atoms with E-state index in [-0.39, 0.29) is 11.9 Å². The maximum Gasteiger partial charge on any atom is 0.276 e. The molecular formula is C13H10N6O. The fraction of sp³-hybridized carbons (Fsp3) is 0. The number of nitrogens with one attached hydrogen (secondary N) is 2. The number of amides is 1. The minimum absolute atomic E-state index is 0.201. The van der Waals surface area contributed by atoms with Gasteiger partial charge in [-0.1, -0.05) is 6.07 Å². The molecule has 0 radical (unpaired) electrons. The highest BCUT2D eigenvalue weighted by atomic mass is 16.2. The van der Waals surface area contributed by atoms with Crippen LogP contribution in [0.1, 0.15) is 10.5 Å². The van der Waals surface area contributed by atoms with Gasteiger partial charge in [-0.2, -0.15) is 4.98 Å². The molecule has 0 atom stereocenters. The molecule has 0 spiro atoms. The molecule has 20 heavy (non-hydrogen) atoms. The first-order valence-corrected chi connectivity index (χ1v) is 5.88. The van der Waals surface area contributed by atoms with Crippen LogP contribution in [-0.2, 0) is 0 Å². The molecule has 2 N–H and O–H groups in total. The molecule has 3 heterocycles. The van der Waals surface area contributed by atoms with Gasteiger partial charge in [0.05, 0.1) is 0 Å². The molecule has 7 heteroatoms. The van der Waals surface area contributed by atoms with Crippen molar-refractivity contribution in [1.29, 1.82) is 0 Å². The Morgan fingerprint density at radius 2 is 1.95 bits per heavy atom. The maximum absolute atomic E-state index is 11.9. The van der Waals surface area contributed by atoms with Crippen LogP contribution in [-0.4, -0.2) is 31.1 Å². The summed E-state index contributed by atoms with van der Waals surface area (Å²) >= 11 is 0. The summed E-state index contributed by atoms with van der Waals surface area (Å²) in [6.45, 7) is 0. The number of hydrogen-bond donors (Lipinski definition) is 2. The Morgan fingerprint density at radius 3 is 2.70 bits per heavy atom. The first-order chi connectivity index (χ1) is 9.83. The number of anilines is 1. The van der Waals surface area contributed by atoms with E-state index in [1.165, 1.54) is 0 Å². The average Bonchev–Trinajstić information content (AvgIpc) is 2.97. The van der Waals surface area contributed by atoms with Crippen molar-refractivity contribution in [3.8, 4) is 11.4 Å². The third-order valence-corrected chi connectivity index (χ3v) is 2.56. The highest BCUT2D eigenvalue weighted by Gasteiger charge is 2.11. The molecule has 0 fully saturated rings. The van der Waals surface area contributed by atoms with Crippen molar-refractivity contribution in [3.05, 3.63) is 54.6 Å². The van der Waals surface area contributed by atoms with Crippen molar-refractivity contribution in [3.63, 3.8) is 0 Å². The van der Waals surface area contributed by atoms with Gasteiger partial charge in [0, 0.05) is 24.2 Å². The van der Waals surface area contributed by atoms with E-state index in [4.69, 9.17) is 0 Å². The zero-order chi connectivity index (χ0) is 13.8. The quantitative estimate of drug-likeness (QED) is 0.749. The molecule has 3 rings (SSSR count). The summed E-state index contributed by atoms with van der Waals surface area (Å²) < 4.78 is 0. The lowest BCUT2D eigenvalue weighted by Crippen LogP contribution is -2.14. The Bertz CT molecular complexity index is 710. The van der Waals surface area contributed by atoms with Crippen LogP contribution >= 0.6 is 0 Å². The van der Waals surface area contributed by atoms with Crippen molar-refractivity contribution in [2.24, 2.45) is 0 Å². The van der Waals surface area contributed by atoms with Crippen molar-refractivity contribution < 1.29 is 4.79 Å². The third kappa shape index (κ3) is 2.51. The monoisotopic (exact) mass is 266 g/mol. The number of carbonyl (C=O) groups is 1. The number of aromatic amines is 1. The lowest BCUT2D eigenvalue weighted by Gasteiger charge is -1.98. The molecule has 0 aliphatic heterocycles. The van der Waals surface area contributed by atoms with Crippen LogP contribution in [0.3, 0.4) is 0 Å². The standard InChI is InChI=1S/C13H10N6O/c20-12(10-3-1-2-6-15-10)17-13-16-11(18-19-13)9-4-7-14-8-5-9/h1-8H,(H2,16,17,18,19,20). The molecule has 1 amide bonds. The fourth-order valence-corrected chi connectivity index (χ4v) is 1.62. The van der Waals surface area contributed by atoms with Gasteiger partial charge < -0.3 is 0 Å². The summed E-state index contributed by atoms with van der Waals surface area (Å²) in [5.74, 6) is 0.405. The van der Waals surface area contributed by atoms with E-state index >= 15 is 0 Å².